The molecule has 1 aliphatic heterocycles. The number of aliphatic hydroxyl groups excluding tert-OH is 1. The quantitative estimate of drug-likeness (QED) is 0.385. The molecule has 0 aromatic heterocycles. The van der Waals surface area contributed by atoms with E-state index in [1.54, 1.807) is 0 Å². The summed E-state index contributed by atoms with van der Waals surface area (Å²) in [7, 11) is 0. The molecule has 0 fully saturated rings. The van der Waals surface area contributed by atoms with Crippen LogP contribution in [0.2, 0.25) is 0 Å². The van der Waals surface area contributed by atoms with Gasteiger partial charge in [0.1, 0.15) is 6.17 Å². The first kappa shape index (κ1) is 18.4. The molecule has 1 N–H and O–H groups in total. The Morgan fingerprint density at radius 2 is 1.67 bits per heavy atom. The monoisotopic (exact) mass is 294 g/mol. The number of nitrogens with zero attached hydrogens (tertiary/aromatic N) is 2. The molecule has 1 heterocycles. The van der Waals surface area contributed by atoms with Crippen LogP contribution in [-0.4, -0.2) is 42.1 Å². The van der Waals surface area contributed by atoms with Crippen LogP contribution in [0.15, 0.2) is 17.6 Å². The molecular formula is C18H34N2O. The maximum Gasteiger partial charge on any atom is 0.102 e. The second-order valence-electron chi connectivity index (χ2n) is 6.08. The van der Waals surface area contributed by atoms with Crippen LogP contribution in [0.4, 0.5) is 0 Å². The first-order valence-corrected chi connectivity index (χ1v) is 8.86. The van der Waals surface area contributed by atoms with Gasteiger partial charge in [-0.05, 0) is 25.7 Å². The zero-order valence-electron chi connectivity index (χ0n) is 13.7. The highest BCUT2D eigenvalue weighted by atomic mass is 16.3. The Bertz CT molecular complexity index is 278. The summed E-state index contributed by atoms with van der Waals surface area (Å²) in [6.07, 6.45) is 18.9. The lowest BCUT2D eigenvalue weighted by molar-refractivity contribution is 0.176. The fourth-order valence-corrected chi connectivity index (χ4v) is 2.97. The van der Waals surface area contributed by atoms with Crippen molar-refractivity contribution in [3.05, 3.63) is 12.7 Å². The summed E-state index contributed by atoms with van der Waals surface area (Å²) in [4.78, 5) is 6.77. The highest BCUT2D eigenvalue weighted by Crippen LogP contribution is 2.16. The third-order valence-corrected chi connectivity index (χ3v) is 4.27. The molecule has 0 spiro atoms. The van der Waals surface area contributed by atoms with E-state index in [-0.39, 0.29) is 6.61 Å². The first-order valence-electron chi connectivity index (χ1n) is 8.86. The van der Waals surface area contributed by atoms with Crippen LogP contribution in [0.25, 0.3) is 0 Å². The Hall–Kier alpha value is -0.670. The van der Waals surface area contributed by atoms with Crippen LogP contribution in [0.5, 0.6) is 0 Å². The van der Waals surface area contributed by atoms with Crippen LogP contribution in [0.3, 0.4) is 0 Å². The lowest BCUT2D eigenvalue weighted by Crippen LogP contribution is -2.32. The molecule has 0 aromatic carbocycles. The Morgan fingerprint density at radius 3 is 2.29 bits per heavy atom. The molecule has 0 aromatic rings. The lowest BCUT2D eigenvalue weighted by Gasteiger charge is -2.21. The highest BCUT2D eigenvalue weighted by molar-refractivity contribution is 5.62. The predicted molar refractivity (Wildman–Crippen MR) is 91.9 cm³/mol. The molecule has 0 saturated carbocycles. The van der Waals surface area contributed by atoms with Gasteiger partial charge in [-0.25, -0.2) is 0 Å². The molecule has 0 aliphatic carbocycles. The number of aliphatic imine (C=N–C) groups is 1. The minimum absolute atomic E-state index is 0.243. The van der Waals surface area contributed by atoms with E-state index >= 15 is 0 Å². The van der Waals surface area contributed by atoms with Gasteiger partial charge >= 0.3 is 0 Å². The van der Waals surface area contributed by atoms with E-state index in [4.69, 9.17) is 5.11 Å². The molecule has 0 bridgehead atoms. The van der Waals surface area contributed by atoms with E-state index in [9.17, 15) is 0 Å². The summed E-state index contributed by atoms with van der Waals surface area (Å²) in [5.74, 6) is 0. The Kier molecular flexibility index (Phi) is 11.4. The Balaban J connectivity index is 1.84. The van der Waals surface area contributed by atoms with Gasteiger partial charge in [-0.15, -0.1) is 6.58 Å². The van der Waals surface area contributed by atoms with Crippen LogP contribution in [0.1, 0.15) is 70.6 Å². The van der Waals surface area contributed by atoms with E-state index in [0.717, 1.165) is 19.5 Å². The van der Waals surface area contributed by atoms with E-state index in [2.05, 4.69) is 16.5 Å². The van der Waals surface area contributed by atoms with Gasteiger partial charge in [0.2, 0.25) is 0 Å². The standard InChI is InChI=1S/C18H34N2O/c1-2-3-4-5-6-7-8-9-10-11-12-13-18-19-14-15-20(18)16-17-21/h2,14,18,21H,1,3-13,15-17H2. The summed E-state index contributed by atoms with van der Waals surface area (Å²) < 4.78 is 0. The highest BCUT2D eigenvalue weighted by Gasteiger charge is 2.19. The average Bonchev–Trinajstić information content (AvgIpc) is 2.92. The molecule has 122 valence electrons. The van der Waals surface area contributed by atoms with E-state index in [0.29, 0.717) is 6.17 Å². The minimum atomic E-state index is 0.243. The van der Waals surface area contributed by atoms with E-state index < -0.39 is 0 Å². The number of β-amino-alcohol motifs (C(OH)–C–C–N with tert-alkyl or cyclic N) is 1. The Morgan fingerprint density at radius 1 is 1.05 bits per heavy atom. The number of rotatable bonds is 14. The fraction of sp³-hybridized carbons (Fsp3) is 0.833. The number of unbranched alkanes of at least 4 members (excludes halogenated alkanes) is 9. The first-order chi connectivity index (χ1) is 10.4. The van der Waals surface area contributed by atoms with Crippen LogP contribution in [0, 0.1) is 0 Å². The zero-order valence-corrected chi connectivity index (χ0v) is 13.7. The molecule has 3 heteroatoms. The predicted octanol–water partition coefficient (Wildman–Crippen LogP) is 4.17. The van der Waals surface area contributed by atoms with Crippen molar-refractivity contribution in [2.45, 2.75) is 76.8 Å². The van der Waals surface area contributed by atoms with Crippen molar-refractivity contribution in [2.24, 2.45) is 4.99 Å². The van der Waals surface area contributed by atoms with Crippen molar-refractivity contribution in [1.82, 2.24) is 4.90 Å². The molecule has 1 aliphatic rings. The number of aliphatic hydroxyl groups is 1. The summed E-state index contributed by atoms with van der Waals surface area (Å²) in [5, 5.41) is 9.00. The molecule has 21 heavy (non-hydrogen) atoms. The number of hydrogen-bond donors (Lipinski definition) is 1. The van der Waals surface area contributed by atoms with Gasteiger partial charge in [0.15, 0.2) is 0 Å². The minimum Gasteiger partial charge on any atom is -0.395 e. The second kappa shape index (κ2) is 13.0. The second-order valence-corrected chi connectivity index (χ2v) is 6.08. The fourth-order valence-electron chi connectivity index (χ4n) is 2.97. The normalized spacial score (nSPS) is 18.4. The summed E-state index contributed by atoms with van der Waals surface area (Å²) >= 11 is 0. The summed E-state index contributed by atoms with van der Waals surface area (Å²) in [5.41, 5.74) is 0. The topological polar surface area (TPSA) is 35.8 Å². The summed E-state index contributed by atoms with van der Waals surface area (Å²) in [6, 6.07) is 0. The smallest absolute Gasteiger partial charge is 0.102 e. The van der Waals surface area contributed by atoms with Gasteiger partial charge in [-0.1, -0.05) is 51.0 Å². The van der Waals surface area contributed by atoms with Crippen molar-refractivity contribution in [3.63, 3.8) is 0 Å². The van der Waals surface area contributed by atoms with Crippen molar-refractivity contribution in [3.8, 4) is 0 Å². The van der Waals surface area contributed by atoms with Gasteiger partial charge in [-0.2, -0.15) is 0 Å². The van der Waals surface area contributed by atoms with E-state index in [1.807, 2.05) is 12.3 Å². The SMILES string of the molecule is C=CCCCCCCCCCCCC1N=CCN1CCO. The molecule has 0 radical (unpaired) electrons. The van der Waals surface area contributed by atoms with Gasteiger partial charge in [0.05, 0.1) is 6.61 Å². The molecule has 1 atom stereocenters. The average molecular weight is 294 g/mol. The van der Waals surface area contributed by atoms with E-state index in [1.165, 1.54) is 64.2 Å². The van der Waals surface area contributed by atoms with Gasteiger partial charge < -0.3 is 5.11 Å². The molecule has 0 saturated heterocycles. The molecule has 1 rings (SSSR count). The maximum atomic E-state index is 9.00. The van der Waals surface area contributed by atoms with Crippen LogP contribution in [-0.2, 0) is 0 Å². The van der Waals surface area contributed by atoms with Crippen molar-refractivity contribution in [2.75, 3.05) is 19.7 Å². The van der Waals surface area contributed by atoms with Crippen LogP contribution < -0.4 is 0 Å². The molecule has 1 unspecified atom stereocenters. The van der Waals surface area contributed by atoms with Crippen molar-refractivity contribution in [1.29, 1.82) is 0 Å². The largest absolute Gasteiger partial charge is 0.395 e. The third kappa shape index (κ3) is 9.05. The molecular weight excluding hydrogens is 260 g/mol. The Labute approximate surface area is 131 Å². The maximum absolute atomic E-state index is 9.00. The van der Waals surface area contributed by atoms with Crippen molar-refractivity contribution >= 4 is 6.21 Å². The number of allylic oxidation sites excluding steroid dienone is 1. The van der Waals surface area contributed by atoms with Gasteiger partial charge in [0.25, 0.3) is 0 Å². The zero-order chi connectivity index (χ0) is 15.2. The van der Waals surface area contributed by atoms with Crippen molar-refractivity contribution < 1.29 is 5.11 Å². The lowest BCUT2D eigenvalue weighted by atomic mass is 10.1. The molecule has 3 nitrogen and oxygen atoms in total. The third-order valence-electron chi connectivity index (χ3n) is 4.27. The molecule has 0 amide bonds. The van der Waals surface area contributed by atoms with Gasteiger partial charge in [0, 0.05) is 19.3 Å². The van der Waals surface area contributed by atoms with Crippen LogP contribution >= 0.6 is 0 Å². The summed E-state index contributed by atoms with van der Waals surface area (Å²) in [6.45, 7) is 5.67. The van der Waals surface area contributed by atoms with Gasteiger partial charge in [-0.3, -0.25) is 9.89 Å². The number of hydrogen-bond acceptors (Lipinski definition) is 3.